The van der Waals surface area contributed by atoms with Gasteiger partial charge in [-0.15, -0.1) is 11.3 Å². The smallest absolute Gasteiger partial charge is 0.339 e. The van der Waals surface area contributed by atoms with Gasteiger partial charge in [0.15, 0.2) is 11.0 Å². The minimum atomic E-state index is -4.44. The van der Waals surface area contributed by atoms with Gasteiger partial charge < -0.3 is 9.84 Å². The molecular weight excluding hydrogens is 417 g/mol. The quantitative estimate of drug-likeness (QED) is 0.614. The van der Waals surface area contributed by atoms with E-state index in [0.29, 0.717) is 33.7 Å². The van der Waals surface area contributed by atoms with Crippen molar-refractivity contribution in [1.29, 1.82) is 0 Å². The molecule has 0 aliphatic carbocycles. The fraction of sp³-hybridized carbons (Fsp3) is 0.294. The zero-order chi connectivity index (χ0) is 20.3. The molecule has 0 atom stereocenters. The van der Waals surface area contributed by atoms with Gasteiger partial charge in [-0.2, -0.15) is 18.2 Å². The van der Waals surface area contributed by atoms with Crippen molar-refractivity contribution in [3.05, 3.63) is 57.1 Å². The van der Waals surface area contributed by atoms with Crippen LogP contribution in [0.5, 0.6) is 0 Å². The maximum absolute atomic E-state index is 12.9. The van der Waals surface area contributed by atoms with E-state index in [2.05, 4.69) is 20.4 Å². The van der Waals surface area contributed by atoms with E-state index in [1.807, 2.05) is 0 Å². The van der Waals surface area contributed by atoms with Crippen LogP contribution in [0.4, 0.5) is 18.3 Å². The Bertz CT molecular complexity index is 987. The molecule has 0 bridgehead atoms. The number of nitrogens with one attached hydrogen (secondary N) is 1. The summed E-state index contributed by atoms with van der Waals surface area (Å²) in [7, 11) is 0. The molecule has 28 heavy (non-hydrogen) atoms. The molecule has 11 heteroatoms. The summed E-state index contributed by atoms with van der Waals surface area (Å²) in [6.07, 6.45) is -2.33. The maximum atomic E-state index is 12.9. The molecular formula is C17H14ClF3N4O2S. The number of rotatable bonds is 6. The van der Waals surface area contributed by atoms with Crippen molar-refractivity contribution in [2.75, 3.05) is 5.32 Å². The molecule has 148 valence electrons. The van der Waals surface area contributed by atoms with Gasteiger partial charge in [-0.05, 0) is 30.7 Å². The standard InChI is InChI=1S/C17H14ClF3N4O2S/c1-9-23-15(27-25-9)5-4-14(26)24-16-22-8-12(28-16)7-10-6-11(17(19,20)21)2-3-13(10)18/h2-3,6,8H,4-5,7H2,1H3,(H,22,24,26). The van der Waals surface area contributed by atoms with E-state index >= 15 is 0 Å². The van der Waals surface area contributed by atoms with E-state index in [-0.39, 0.29) is 23.8 Å². The summed E-state index contributed by atoms with van der Waals surface area (Å²) in [5.41, 5.74) is -0.425. The monoisotopic (exact) mass is 430 g/mol. The Labute approximate surface area is 166 Å². The van der Waals surface area contributed by atoms with Crippen molar-refractivity contribution < 1.29 is 22.5 Å². The largest absolute Gasteiger partial charge is 0.416 e. The molecule has 0 unspecified atom stereocenters. The molecule has 6 nitrogen and oxygen atoms in total. The van der Waals surface area contributed by atoms with Gasteiger partial charge in [0.25, 0.3) is 0 Å². The van der Waals surface area contributed by atoms with Crippen molar-refractivity contribution >= 4 is 34.0 Å². The number of hydrogen-bond acceptors (Lipinski definition) is 6. The zero-order valence-corrected chi connectivity index (χ0v) is 16.1. The number of aryl methyl sites for hydroxylation is 2. The molecule has 0 saturated carbocycles. The molecule has 0 aliphatic heterocycles. The van der Waals surface area contributed by atoms with Crippen LogP contribution in [-0.4, -0.2) is 21.0 Å². The third-order valence-corrected chi connectivity index (χ3v) is 4.95. The van der Waals surface area contributed by atoms with Crippen LogP contribution in [0.25, 0.3) is 0 Å². The summed E-state index contributed by atoms with van der Waals surface area (Å²) in [4.78, 5) is 20.8. The number of halogens is 4. The van der Waals surface area contributed by atoms with E-state index < -0.39 is 11.7 Å². The second kappa shape index (κ2) is 8.27. The van der Waals surface area contributed by atoms with Crippen LogP contribution in [-0.2, 0) is 23.8 Å². The summed E-state index contributed by atoms with van der Waals surface area (Å²) in [5, 5.41) is 6.87. The fourth-order valence-corrected chi connectivity index (χ4v) is 3.40. The molecule has 1 aromatic carbocycles. The van der Waals surface area contributed by atoms with Gasteiger partial charge in [-0.25, -0.2) is 4.98 Å². The van der Waals surface area contributed by atoms with E-state index in [1.54, 1.807) is 6.92 Å². The van der Waals surface area contributed by atoms with Crippen molar-refractivity contribution in [2.45, 2.75) is 32.4 Å². The van der Waals surface area contributed by atoms with E-state index in [1.165, 1.54) is 23.6 Å². The second-order valence-electron chi connectivity index (χ2n) is 5.90. The van der Waals surface area contributed by atoms with Gasteiger partial charge in [0, 0.05) is 35.4 Å². The lowest BCUT2D eigenvalue weighted by Crippen LogP contribution is -2.12. The number of hydrogen-bond donors (Lipinski definition) is 1. The highest BCUT2D eigenvalue weighted by Crippen LogP contribution is 2.33. The Hall–Kier alpha value is -2.46. The molecule has 1 N–H and O–H groups in total. The molecule has 0 radical (unpaired) electrons. The Morgan fingerprint density at radius 3 is 2.82 bits per heavy atom. The molecule has 2 aromatic heterocycles. The van der Waals surface area contributed by atoms with Gasteiger partial charge in [-0.1, -0.05) is 16.8 Å². The Kier molecular flexibility index (Phi) is 5.99. The normalized spacial score (nSPS) is 11.6. The summed E-state index contributed by atoms with van der Waals surface area (Å²) in [5.74, 6) is 0.578. The topological polar surface area (TPSA) is 80.9 Å². The van der Waals surface area contributed by atoms with Gasteiger partial charge in [-0.3, -0.25) is 4.79 Å². The fourth-order valence-electron chi connectivity index (χ4n) is 2.37. The molecule has 0 aliphatic rings. The molecule has 3 rings (SSSR count). The zero-order valence-electron chi connectivity index (χ0n) is 14.5. The number of alkyl halides is 3. The number of anilines is 1. The molecule has 0 fully saturated rings. The first-order valence-electron chi connectivity index (χ1n) is 8.10. The summed E-state index contributed by atoms with van der Waals surface area (Å²) in [6.45, 7) is 1.68. The maximum Gasteiger partial charge on any atom is 0.416 e. The van der Waals surface area contributed by atoms with E-state index in [9.17, 15) is 18.0 Å². The lowest BCUT2D eigenvalue weighted by Gasteiger charge is -2.09. The van der Waals surface area contributed by atoms with Crippen LogP contribution in [0.2, 0.25) is 5.02 Å². The molecule has 0 saturated heterocycles. The van der Waals surface area contributed by atoms with Gasteiger partial charge in [0.2, 0.25) is 11.8 Å². The summed E-state index contributed by atoms with van der Waals surface area (Å²) < 4.78 is 43.5. The lowest BCUT2D eigenvalue weighted by molar-refractivity contribution is -0.137. The van der Waals surface area contributed by atoms with Crippen molar-refractivity contribution in [3.63, 3.8) is 0 Å². The highest BCUT2D eigenvalue weighted by Gasteiger charge is 2.30. The number of benzene rings is 1. The van der Waals surface area contributed by atoms with Crippen LogP contribution in [0.1, 0.15) is 34.1 Å². The highest BCUT2D eigenvalue weighted by molar-refractivity contribution is 7.15. The van der Waals surface area contributed by atoms with Crippen LogP contribution < -0.4 is 5.32 Å². The molecule has 1 amide bonds. The highest BCUT2D eigenvalue weighted by atomic mass is 35.5. The first kappa shape index (κ1) is 20.3. The average Bonchev–Trinajstić information content (AvgIpc) is 3.23. The molecule has 0 spiro atoms. The molecule has 3 aromatic rings. The van der Waals surface area contributed by atoms with Gasteiger partial charge in [0.1, 0.15) is 0 Å². The van der Waals surface area contributed by atoms with Crippen LogP contribution in [0.3, 0.4) is 0 Å². The Morgan fingerprint density at radius 2 is 2.14 bits per heavy atom. The lowest BCUT2D eigenvalue weighted by atomic mass is 10.1. The summed E-state index contributed by atoms with van der Waals surface area (Å²) in [6, 6.07) is 3.18. The third-order valence-electron chi connectivity index (χ3n) is 3.67. The van der Waals surface area contributed by atoms with Gasteiger partial charge >= 0.3 is 6.18 Å². The minimum Gasteiger partial charge on any atom is -0.339 e. The third kappa shape index (κ3) is 5.29. The summed E-state index contributed by atoms with van der Waals surface area (Å²) >= 11 is 7.19. The van der Waals surface area contributed by atoms with Crippen LogP contribution in [0.15, 0.2) is 28.9 Å². The number of nitrogens with zero attached hydrogens (tertiary/aromatic N) is 3. The number of amides is 1. The number of carbonyl (C=O) groups excluding carboxylic acids is 1. The first-order chi connectivity index (χ1) is 13.2. The average molecular weight is 431 g/mol. The Morgan fingerprint density at radius 1 is 1.36 bits per heavy atom. The molecule has 2 heterocycles. The minimum absolute atomic E-state index is 0.135. The van der Waals surface area contributed by atoms with E-state index in [0.717, 1.165) is 12.1 Å². The predicted octanol–water partition coefficient (Wildman–Crippen LogP) is 4.67. The van der Waals surface area contributed by atoms with Crippen molar-refractivity contribution in [2.24, 2.45) is 0 Å². The SMILES string of the molecule is Cc1noc(CCC(=O)Nc2ncc(Cc3cc(C(F)(F)F)ccc3Cl)s2)n1. The van der Waals surface area contributed by atoms with E-state index in [4.69, 9.17) is 16.1 Å². The van der Waals surface area contributed by atoms with Crippen molar-refractivity contribution in [3.8, 4) is 0 Å². The predicted molar refractivity (Wildman–Crippen MR) is 97.4 cm³/mol. The Balaban J connectivity index is 1.60. The number of thiazole rings is 1. The number of aromatic nitrogens is 3. The van der Waals surface area contributed by atoms with Crippen LogP contribution >= 0.6 is 22.9 Å². The number of carbonyl (C=O) groups is 1. The second-order valence-corrected chi connectivity index (χ2v) is 7.42. The van der Waals surface area contributed by atoms with Crippen LogP contribution in [0, 0.1) is 6.92 Å². The first-order valence-corrected chi connectivity index (χ1v) is 9.29. The van der Waals surface area contributed by atoms with Gasteiger partial charge in [0.05, 0.1) is 5.56 Å². The van der Waals surface area contributed by atoms with Crippen molar-refractivity contribution in [1.82, 2.24) is 15.1 Å².